The molecule has 0 aromatic carbocycles. The molecule has 0 spiro atoms. The molecule has 0 bridgehead atoms. The van der Waals surface area contributed by atoms with Gasteiger partial charge in [0.25, 0.3) is 0 Å². The number of nitrogens with one attached hydrogen (secondary N) is 1. The molecule has 0 unspecified atom stereocenters. The fourth-order valence-corrected chi connectivity index (χ4v) is 1.90. The summed E-state index contributed by atoms with van der Waals surface area (Å²) in [4.78, 5) is 2.27. The average molecular weight is 156 g/mol. The fraction of sp³-hybridized carbons (Fsp3) is 1.00. The Morgan fingerprint density at radius 3 is 3.09 bits per heavy atom. The minimum Gasteiger partial charge on any atom is -0.279 e. The second-order valence-corrected chi connectivity index (χ2v) is 3.32. The van der Waals surface area contributed by atoms with Crippen LogP contribution in [0.4, 0.5) is 0 Å². The first-order chi connectivity index (χ1) is 5.33. The Balaban J connectivity index is 1.76. The summed E-state index contributed by atoms with van der Waals surface area (Å²) in [5.41, 5.74) is 0. The average Bonchev–Trinajstić information content (AvgIpc) is 2.73. The molecular weight excluding hydrogens is 144 g/mol. The fourth-order valence-electron chi connectivity index (χ4n) is 1.90. The Morgan fingerprint density at radius 2 is 2.36 bits per heavy atom. The molecule has 62 valence electrons. The van der Waals surface area contributed by atoms with Crippen LogP contribution in [-0.4, -0.2) is 36.4 Å². The number of epoxide rings is 2. The van der Waals surface area contributed by atoms with Crippen LogP contribution in [0, 0.1) is 0 Å². The van der Waals surface area contributed by atoms with E-state index < -0.39 is 0 Å². The summed E-state index contributed by atoms with van der Waals surface area (Å²) < 4.78 is 10.8. The zero-order valence-corrected chi connectivity index (χ0v) is 6.59. The molecule has 0 amide bonds. The van der Waals surface area contributed by atoms with Crippen LogP contribution in [0.25, 0.3) is 0 Å². The van der Waals surface area contributed by atoms with E-state index in [-0.39, 0.29) is 11.8 Å². The standard InChI is InChI=1S/C7H12N2O2/c1-2-4-9-5-3-8-6-7(9,10-6)11-6/h8H,2-5H2,1H3. The summed E-state index contributed by atoms with van der Waals surface area (Å²) in [6.45, 7) is 5.26. The third-order valence-electron chi connectivity index (χ3n) is 2.55. The lowest BCUT2D eigenvalue weighted by Crippen LogP contribution is -2.43. The van der Waals surface area contributed by atoms with Gasteiger partial charge in [-0.05, 0) is 6.42 Å². The van der Waals surface area contributed by atoms with Crippen LogP contribution in [0.3, 0.4) is 0 Å². The SMILES string of the molecule is CCCN1CCNC23OC12O3. The number of hydrogen-bond acceptors (Lipinski definition) is 4. The second-order valence-electron chi connectivity index (χ2n) is 3.32. The van der Waals surface area contributed by atoms with E-state index in [0.29, 0.717) is 0 Å². The van der Waals surface area contributed by atoms with Crippen LogP contribution in [0.5, 0.6) is 0 Å². The smallest absolute Gasteiger partial charge is 0.279 e. The predicted octanol–water partition coefficient (Wildman–Crippen LogP) is -0.330. The van der Waals surface area contributed by atoms with Crippen molar-refractivity contribution in [3.05, 3.63) is 0 Å². The summed E-state index contributed by atoms with van der Waals surface area (Å²) in [5.74, 6) is -0.679. The van der Waals surface area contributed by atoms with Crippen LogP contribution < -0.4 is 5.32 Å². The molecule has 4 heteroatoms. The van der Waals surface area contributed by atoms with Crippen molar-refractivity contribution in [1.82, 2.24) is 10.2 Å². The maximum Gasteiger partial charge on any atom is 0.310 e. The van der Waals surface area contributed by atoms with Crippen molar-refractivity contribution in [3.8, 4) is 0 Å². The maximum absolute atomic E-state index is 5.40. The molecule has 0 aromatic rings. The molecule has 0 radical (unpaired) electrons. The second kappa shape index (κ2) is 1.61. The molecule has 0 saturated carbocycles. The molecule has 1 N–H and O–H groups in total. The van der Waals surface area contributed by atoms with Gasteiger partial charge in [0.05, 0.1) is 0 Å². The van der Waals surface area contributed by atoms with Gasteiger partial charge in [-0.15, -0.1) is 0 Å². The van der Waals surface area contributed by atoms with Crippen molar-refractivity contribution < 1.29 is 9.47 Å². The normalized spacial score (nSPS) is 53.2. The Morgan fingerprint density at radius 1 is 1.55 bits per heavy atom. The Labute approximate surface area is 65.4 Å². The van der Waals surface area contributed by atoms with Crippen molar-refractivity contribution in [1.29, 1.82) is 0 Å². The van der Waals surface area contributed by atoms with Gasteiger partial charge in [-0.2, -0.15) is 0 Å². The Bertz CT molecular complexity index is 199. The molecule has 0 aliphatic carbocycles. The highest BCUT2D eigenvalue weighted by Gasteiger charge is 2.95. The molecule has 0 aromatic heterocycles. The predicted molar refractivity (Wildman–Crippen MR) is 37.5 cm³/mol. The maximum atomic E-state index is 5.40. The number of hydrogen-bond donors (Lipinski definition) is 1. The van der Waals surface area contributed by atoms with Gasteiger partial charge in [0, 0.05) is 19.6 Å². The minimum absolute atomic E-state index is 0.318. The molecule has 4 nitrogen and oxygen atoms in total. The van der Waals surface area contributed by atoms with E-state index in [1.807, 2.05) is 0 Å². The number of piperazine rings is 1. The van der Waals surface area contributed by atoms with E-state index in [0.717, 1.165) is 26.1 Å². The minimum atomic E-state index is -0.361. The van der Waals surface area contributed by atoms with E-state index in [4.69, 9.17) is 9.47 Å². The van der Waals surface area contributed by atoms with Crippen molar-refractivity contribution in [3.63, 3.8) is 0 Å². The van der Waals surface area contributed by atoms with Gasteiger partial charge in [-0.3, -0.25) is 14.8 Å². The highest BCUT2D eigenvalue weighted by molar-refractivity contribution is 5.17. The third-order valence-corrected chi connectivity index (χ3v) is 2.55. The van der Waals surface area contributed by atoms with Gasteiger partial charge in [0.1, 0.15) is 0 Å². The van der Waals surface area contributed by atoms with E-state index in [9.17, 15) is 0 Å². The van der Waals surface area contributed by atoms with E-state index in [1.165, 1.54) is 0 Å². The van der Waals surface area contributed by atoms with E-state index in [1.54, 1.807) is 0 Å². The van der Waals surface area contributed by atoms with Crippen LogP contribution in [0.2, 0.25) is 0 Å². The van der Waals surface area contributed by atoms with Crippen LogP contribution >= 0.6 is 0 Å². The first kappa shape index (κ1) is 6.37. The largest absolute Gasteiger partial charge is 0.310 e. The Kier molecular flexibility index (Phi) is 0.933. The van der Waals surface area contributed by atoms with Gasteiger partial charge in [-0.25, -0.2) is 4.90 Å². The highest BCUT2D eigenvalue weighted by atomic mass is 17.1. The zero-order chi connectivity index (χ0) is 7.53. The van der Waals surface area contributed by atoms with Crippen molar-refractivity contribution in [2.24, 2.45) is 0 Å². The van der Waals surface area contributed by atoms with E-state index in [2.05, 4.69) is 17.1 Å². The number of nitrogens with zero attached hydrogens (tertiary/aromatic N) is 1. The Hall–Kier alpha value is -0.160. The first-order valence-corrected chi connectivity index (χ1v) is 4.23. The molecule has 3 rings (SSSR count). The highest BCUT2D eigenvalue weighted by Crippen LogP contribution is 2.68. The zero-order valence-electron chi connectivity index (χ0n) is 6.59. The van der Waals surface area contributed by atoms with Gasteiger partial charge >= 0.3 is 11.8 Å². The van der Waals surface area contributed by atoms with Crippen LogP contribution in [0.15, 0.2) is 0 Å². The molecule has 3 fully saturated rings. The van der Waals surface area contributed by atoms with Crippen molar-refractivity contribution >= 4 is 0 Å². The molecule has 0 atom stereocenters. The third kappa shape index (κ3) is 0.561. The summed E-state index contributed by atoms with van der Waals surface area (Å²) in [6, 6.07) is 0. The van der Waals surface area contributed by atoms with Gasteiger partial charge < -0.3 is 0 Å². The molecule has 3 aliphatic heterocycles. The lowest BCUT2D eigenvalue weighted by atomic mass is 10.3. The van der Waals surface area contributed by atoms with Crippen LogP contribution in [-0.2, 0) is 9.47 Å². The van der Waals surface area contributed by atoms with Crippen molar-refractivity contribution in [2.75, 3.05) is 19.6 Å². The van der Waals surface area contributed by atoms with Crippen LogP contribution in [0.1, 0.15) is 13.3 Å². The molecular formula is C7H12N2O2. The summed E-state index contributed by atoms with van der Waals surface area (Å²) >= 11 is 0. The summed E-state index contributed by atoms with van der Waals surface area (Å²) in [5, 5.41) is 3.20. The first-order valence-electron chi connectivity index (χ1n) is 4.23. The molecule has 3 aliphatic rings. The molecule has 3 heterocycles. The van der Waals surface area contributed by atoms with Gasteiger partial charge in [-0.1, -0.05) is 6.92 Å². The number of ether oxygens (including phenoxy) is 2. The lowest BCUT2D eigenvalue weighted by molar-refractivity contribution is -0.150. The van der Waals surface area contributed by atoms with Gasteiger partial charge in [0.2, 0.25) is 0 Å². The van der Waals surface area contributed by atoms with Gasteiger partial charge in [0.15, 0.2) is 0 Å². The number of rotatable bonds is 2. The van der Waals surface area contributed by atoms with E-state index >= 15 is 0 Å². The lowest BCUT2D eigenvalue weighted by Gasteiger charge is -2.20. The van der Waals surface area contributed by atoms with Crippen molar-refractivity contribution in [2.45, 2.75) is 25.2 Å². The topological polar surface area (TPSA) is 40.3 Å². The molecule has 3 saturated heterocycles. The monoisotopic (exact) mass is 156 g/mol. The quantitative estimate of drug-likeness (QED) is 0.556. The molecule has 11 heavy (non-hydrogen) atoms. The summed E-state index contributed by atoms with van der Waals surface area (Å²) in [7, 11) is 0. The summed E-state index contributed by atoms with van der Waals surface area (Å²) in [6.07, 6.45) is 1.16.